The van der Waals surface area contributed by atoms with Crippen LogP contribution in [-0.2, 0) is 16.4 Å². The van der Waals surface area contributed by atoms with Crippen LogP contribution in [0.15, 0.2) is 59.5 Å². The predicted octanol–water partition coefficient (Wildman–Crippen LogP) is 2.08. The molecule has 2 amide bonds. The number of piperazine rings is 1. The van der Waals surface area contributed by atoms with E-state index in [1.807, 2.05) is 30.3 Å². The topological polar surface area (TPSA) is 69.7 Å². The molecule has 0 radical (unpaired) electrons. The summed E-state index contributed by atoms with van der Waals surface area (Å²) in [5, 5.41) is 2.87. The average Bonchev–Trinajstić information content (AvgIpc) is 2.69. The lowest BCUT2D eigenvalue weighted by Gasteiger charge is -2.34. The molecule has 0 aromatic heterocycles. The number of benzene rings is 2. The Morgan fingerprint density at radius 1 is 0.963 bits per heavy atom. The highest BCUT2D eigenvalue weighted by Gasteiger charge is 2.30. The van der Waals surface area contributed by atoms with Crippen LogP contribution < -0.4 is 5.32 Å². The molecule has 1 heterocycles. The van der Waals surface area contributed by atoms with Crippen molar-refractivity contribution in [1.82, 2.24) is 14.5 Å². The van der Waals surface area contributed by atoms with Crippen LogP contribution in [0.2, 0.25) is 0 Å². The highest BCUT2D eigenvalue weighted by atomic mass is 32.2. The summed E-state index contributed by atoms with van der Waals surface area (Å²) in [6.07, 6.45) is 0.742. The van der Waals surface area contributed by atoms with Crippen molar-refractivity contribution >= 4 is 16.1 Å². The molecule has 1 fully saturated rings. The normalized spacial score (nSPS) is 15.5. The van der Waals surface area contributed by atoms with E-state index in [1.165, 1.54) is 16.4 Å². The van der Waals surface area contributed by atoms with E-state index in [0.29, 0.717) is 19.6 Å². The van der Waals surface area contributed by atoms with Gasteiger partial charge >= 0.3 is 6.03 Å². The van der Waals surface area contributed by atoms with E-state index < -0.39 is 15.8 Å². The fraction of sp³-hybridized carbons (Fsp3) is 0.316. The molecule has 2 aromatic carbocycles. The standard InChI is InChI=1S/C19H22FN3O3S/c20-17-6-8-18(9-7-17)27(25,26)23-14-12-22(13-15-23)19(24)21-11-10-16-4-2-1-3-5-16/h1-9H,10-15H2,(H,21,24). The number of nitrogens with zero attached hydrogens (tertiary/aromatic N) is 2. The second-order valence-corrected chi connectivity index (χ2v) is 8.25. The van der Waals surface area contributed by atoms with Crippen molar-refractivity contribution < 1.29 is 17.6 Å². The van der Waals surface area contributed by atoms with Crippen molar-refractivity contribution in [3.05, 3.63) is 66.0 Å². The second-order valence-electron chi connectivity index (χ2n) is 6.31. The average molecular weight is 391 g/mol. The van der Waals surface area contributed by atoms with E-state index in [-0.39, 0.29) is 24.0 Å². The molecule has 0 unspecified atom stereocenters. The molecule has 1 saturated heterocycles. The molecule has 2 aromatic rings. The van der Waals surface area contributed by atoms with Crippen LogP contribution >= 0.6 is 0 Å². The molecule has 1 N–H and O–H groups in total. The van der Waals surface area contributed by atoms with Crippen LogP contribution in [0.4, 0.5) is 9.18 Å². The number of nitrogens with one attached hydrogen (secondary N) is 1. The molecule has 0 spiro atoms. The SMILES string of the molecule is O=C(NCCc1ccccc1)N1CCN(S(=O)(=O)c2ccc(F)cc2)CC1. The number of carbonyl (C=O) groups is 1. The molecule has 0 saturated carbocycles. The molecule has 27 heavy (non-hydrogen) atoms. The zero-order valence-electron chi connectivity index (χ0n) is 14.8. The van der Waals surface area contributed by atoms with Gasteiger partial charge in [0.15, 0.2) is 0 Å². The first-order chi connectivity index (χ1) is 13.0. The van der Waals surface area contributed by atoms with E-state index in [1.54, 1.807) is 4.90 Å². The third-order valence-corrected chi connectivity index (χ3v) is 6.42. The monoisotopic (exact) mass is 391 g/mol. The zero-order chi connectivity index (χ0) is 19.3. The summed E-state index contributed by atoms with van der Waals surface area (Å²) in [4.78, 5) is 13.9. The number of hydrogen-bond acceptors (Lipinski definition) is 3. The summed E-state index contributed by atoms with van der Waals surface area (Å²) >= 11 is 0. The third kappa shape index (κ3) is 4.84. The summed E-state index contributed by atoms with van der Waals surface area (Å²) in [6.45, 7) is 1.59. The van der Waals surface area contributed by atoms with E-state index in [2.05, 4.69) is 5.32 Å². The summed E-state index contributed by atoms with van der Waals surface area (Å²) in [5.41, 5.74) is 1.15. The van der Waals surface area contributed by atoms with Gasteiger partial charge in [-0.15, -0.1) is 0 Å². The molecule has 3 rings (SSSR count). The molecule has 8 heteroatoms. The summed E-state index contributed by atoms with van der Waals surface area (Å²) in [7, 11) is -3.67. The Labute approximate surface area is 158 Å². The Balaban J connectivity index is 1.49. The fourth-order valence-corrected chi connectivity index (χ4v) is 4.38. The van der Waals surface area contributed by atoms with Gasteiger partial charge in [-0.2, -0.15) is 4.31 Å². The van der Waals surface area contributed by atoms with Crippen LogP contribution in [0.3, 0.4) is 0 Å². The minimum Gasteiger partial charge on any atom is -0.338 e. The maximum absolute atomic E-state index is 13.0. The van der Waals surface area contributed by atoms with Crippen molar-refractivity contribution in [1.29, 1.82) is 0 Å². The van der Waals surface area contributed by atoms with Gasteiger partial charge in [0.25, 0.3) is 0 Å². The first-order valence-electron chi connectivity index (χ1n) is 8.79. The van der Waals surface area contributed by atoms with Crippen LogP contribution in [-0.4, -0.2) is 56.4 Å². The molecule has 0 atom stereocenters. The van der Waals surface area contributed by atoms with E-state index in [4.69, 9.17) is 0 Å². The number of amides is 2. The van der Waals surface area contributed by atoms with E-state index in [0.717, 1.165) is 24.1 Å². The molecular formula is C19H22FN3O3S. The van der Waals surface area contributed by atoms with Crippen molar-refractivity contribution in [2.45, 2.75) is 11.3 Å². The smallest absolute Gasteiger partial charge is 0.317 e. The van der Waals surface area contributed by atoms with Gasteiger partial charge in [0.2, 0.25) is 10.0 Å². The maximum atomic E-state index is 13.0. The van der Waals surface area contributed by atoms with Gasteiger partial charge in [-0.1, -0.05) is 30.3 Å². The highest BCUT2D eigenvalue weighted by molar-refractivity contribution is 7.89. The van der Waals surface area contributed by atoms with Crippen LogP contribution in [0.25, 0.3) is 0 Å². The molecule has 1 aliphatic heterocycles. The minimum atomic E-state index is -3.67. The molecule has 6 nitrogen and oxygen atoms in total. The number of urea groups is 1. The van der Waals surface area contributed by atoms with Crippen molar-refractivity contribution in [2.24, 2.45) is 0 Å². The number of rotatable bonds is 5. The van der Waals surface area contributed by atoms with Gasteiger partial charge in [0, 0.05) is 32.7 Å². The lowest BCUT2D eigenvalue weighted by atomic mass is 10.1. The first-order valence-corrected chi connectivity index (χ1v) is 10.2. The number of carbonyl (C=O) groups excluding carboxylic acids is 1. The van der Waals surface area contributed by atoms with Crippen LogP contribution in [0.1, 0.15) is 5.56 Å². The van der Waals surface area contributed by atoms with E-state index >= 15 is 0 Å². The lowest BCUT2D eigenvalue weighted by Crippen LogP contribution is -2.53. The highest BCUT2D eigenvalue weighted by Crippen LogP contribution is 2.18. The summed E-state index contributed by atoms with van der Waals surface area (Å²) in [5.74, 6) is -0.481. The maximum Gasteiger partial charge on any atom is 0.317 e. The van der Waals surface area contributed by atoms with E-state index in [9.17, 15) is 17.6 Å². The first kappa shape index (κ1) is 19.3. The third-order valence-electron chi connectivity index (χ3n) is 4.51. The number of hydrogen-bond donors (Lipinski definition) is 1. The minimum absolute atomic E-state index is 0.0599. The Hall–Kier alpha value is -2.45. The van der Waals surface area contributed by atoms with Crippen LogP contribution in [0.5, 0.6) is 0 Å². The molecule has 144 valence electrons. The second kappa shape index (κ2) is 8.49. The lowest BCUT2D eigenvalue weighted by molar-refractivity contribution is 0.172. The molecular weight excluding hydrogens is 369 g/mol. The van der Waals surface area contributed by atoms with Gasteiger partial charge in [0.05, 0.1) is 4.90 Å². The fourth-order valence-electron chi connectivity index (χ4n) is 2.96. The number of halogens is 1. The van der Waals surface area contributed by atoms with Gasteiger partial charge in [-0.05, 0) is 36.2 Å². The van der Waals surface area contributed by atoms with Gasteiger partial charge in [-0.25, -0.2) is 17.6 Å². The summed E-state index contributed by atoms with van der Waals surface area (Å²) < 4.78 is 39.5. The van der Waals surface area contributed by atoms with Gasteiger partial charge in [0.1, 0.15) is 5.82 Å². The van der Waals surface area contributed by atoms with Gasteiger partial charge in [-0.3, -0.25) is 0 Å². The van der Waals surface area contributed by atoms with Gasteiger partial charge < -0.3 is 10.2 Å². The van der Waals surface area contributed by atoms with Crippen LogP contribution in [0, 0.1) is 5.82 Å². The quantitative estimate of drug-likeness (QED) is 0.849. The Kier molecular flexibility index (Phi) is 6.08. The molecule has 0 bridgehead atoms. The van der Waals surface area contributed by atoms with Crippen molar-refractivity contribution in [3.8, 4) is 0 Å². The predicted molar refractivity (Wildman–Crippen MR) is 100 cm³/mol. The van der Waals surface area contributed by atoms with Crippen molar-refractivity contribution in [3.63, 3.8) is 0 Å². The Bertz CT molecular complexity index is 865. The molecule has 0 aliphatic carbocycles. The van der Waals surface area contributed by atoms with Crippen molar-refractivity contribution in [2.75, 3.05) is 32.7 Å². The Morgan fingerprint density at radius 2 is 1.59 bits per heavy atom. The largest absolute Gasteiger partial charge is 0.338 e. The Morgan fingerprint density at radius 3 is 2.22 bits per heavy atom. The molecule has 1 aliphatic rings. The number of sulfonamides is 1. The summed E-state index contributed by atoms with van der Waals surface area (Å²) in [6, 6.07) is 14.5. The zero-order valence-corrected chi connectivity index (χ0v) is 15.7.